The maximum atomic E-state index is 12.6. The van der Waals surface area contributed by atoms with Crippen molar-refractivity contribution in [3.63, 3.8) is 0 Å². The number of nitrogens with one attached hydrogen (secondary N) is 1. The predicted molar refractivity (Wildman–Crippen MR) is 131 cm³/mol. The Morgan fingerprint density at radius 1 is 0.839 bits per heavy atom. The number of hydrogen-bond donors (Lipinski definition) is 1. The number of carbonyl (C=O) groups excluding carboxylic acids is 1. The van der Waals surface area contributed by atoms with Gasteiger partial charge in [-0.3, -0.25) is 4.79 Å². The molecule has 3 aromatic rings. The van der Waals surface area contributed by atoms with Gasteiger partial charge in [-0.2, -0.15) is 0 Å². The second-order valence-corrected chi connectivity index (χ2v) is 9.17. The van der Waals surface area contributed by atoms with Crippen LogP contribution >= 0.6 is 23.2 Å². The van der Waals surface area contributed by atoms with E-state index in [1.807, 2.05) is 36.4 Å². The van der Waals surface area contributed by atoms with Gasteiger partial charge in [-0.25, -0.2) is 0 Å². The highest BCUT2D eigenvalue weighted by molar-refractivity contribution is 6.30. The smallest absolute Gasteiger partial charge is 0.220 e. The number of halogens is 2. The van der Waals surface area contributed by atoms with Crippen LogP contribution in [0.5, 0.6) is 0 Å². The highest BCUT2D eigenvalue weighted by atomic mass is 35.5. The standard InChI is InChI=1S/C27H29Cl2NO/c1-18-14-19(2)16-21(15-18)4-13-27(31)30-17-26(23-7-11-25(29)12-8-23)20(3)22-5-9-24(28)10-6-22/h5-12,14-16,20,26H,4,13,17H2,1-3H3,(H,30,31). The summed E-state index contributed by atoms with van der Waals surface area (Å²) in [6, 6.07) is 22.3. The minimum absolute atomic E-state index is 0.0708. The maximum absolute atomic E-state index is 12.6. The maximum Gasteiger partial charge on any atom is 0.220 e. The van der Waals surface area contributed by atoms with Gasteiger partial charge in [-0.15, -0.1) is 0 Å². The Bertz CT molecular complexity index is 992. The summed E-state index contributed by atoms with van der Waals surface area (Å²) in [5.41, 5.74) is 6.01. The lowest BCUT2D eigenvalue weighted by atomic mass is 9.82. The van der Waals surface area contributed by atoms with Crippen LogP contribution in [0.3, 0.4) is 0 Å². The lowest BCUT2D eigenvalue weighted by Gasteiger charge is -2.25. The summed E-state index contributed by atoms with van der Waals surface area (Å²) < 4.78 is 0. The van der Waals surface area contributed by atoms with Crippen molar-refractivity contribution in [2.45, 2.75) is 45.4 Å². The molecule has 2 unspecified atom stereocenters. The van der Waals surface area contributed by atoms with Crippen molar-refractivity contribution >= 4 is 29.1 Å². The second-order valence-electron chi connectivity index (χ2n) is 8.30. The third-order valence-electron chi connectivity index (χ3n) is 5.74. The van der Waals surface area contributed by atoms with Gasteiger partial charge < -0.3 is 5.32 Å². The minimum atomic E-state index is 0.0708. The molecule has 4 heteroatoms. The Balaban J connectivity index is 1.68. The lowest BCUT2D eigenvalue weighted by Crippen LogP contribution is -2.30. The molecule has 2 atom stereocenters. The van der Waals surface area contributed by atoms with Crippen molar-refractivity contribution in [1.82, 2.24) is 5.32 Å². The van der Waals surface area contributed by atoms with E-state index in [0.717, 1.165) is 17.0 Å². The number of amides is 1. The lowest BCUT2D eigenvalue weighted by molar-refractivity contribution is -0.121. The van der Waals surface area contributed by atoms with Crippen LogP contribution in [0.15, 0.2) is 66.7 Å². The Labute approximate surface area is 195 Å². The van der Waals surface area contributed by atoms with E-state index in [0.29, 0.717) is 18.0 Å². The number of aryl methyl sites for hydroxylation is 3. The summed E-state index contributed by atoms with van der Waals surface area (Å²) in [6.07, 6.45) is 1.22. The zero-order chi connectivity index (χ0) is 22.4. The summed E-state index contributed by atoms with van der Waals surface area (Å²) in [4.78, 5) is 12.6. The topological polar surface area (TPSA) is 29.1 Å². The normalized spacial score (nSPS) is 12.9. The molecular weight excluding hydrogens is 425 g/mol. The van der Waals surface area contributed by atoms with Gasteiger partial charge in [0.1, 0.15) is 0 Å². The Kier molecular flexibility index (Phi) is 8.17. The first-order chi connectivity index (χ1) is 14.8. The summed E-state index contributed by atoms with van der Waals surface area (Å²) in [5.74, 6) is 0.406. The molecule has 3 rings (SSSR count). The van der Waals surface area contributed by atoms with Crippen molar-refractivity contribution in [2.24, 2.45) is 0 Å². The van der Waals surface area contributed by atoms with E-state index in [2.05, 4.69) is 56.4 Å². The molecule has 0 aliphatic carbocycles. The summed E-state index contributed by atoms with van der Waals surface area (Å²) >= 11 is 12.2. The van der Waals surface area contributed by atoms with Crippen molar-refractivity contribution < 1.29 is 4.79 Å². The van der Waals surface area contributed by atoms with Crippen molar-refractivity contribution in [1.29, 1.82) is 0 Å². The third kappa shape index (κ3) is 6.85. The quantitative estimate of drug-likeness (QED) is 0.382. The Morgan fingerprint density at radius 3 is 1.90 bits per heavy atom. The number of carbonyl (C=O) groups is 1. The molecule has 0 aliphatic heterocycles. The molecule has 0 aromatic heterocycles. The van der Waals surface area contributed by atoms with E-state index in [4.69, 9.17) is 23.2 Å². The van der Waals surface area contributed by atoms with Crippen LogP contribution in [-0.4, -0.2) is 12.5 Å². The van der Waals surface area contributed by atoms with Gasteiger partial charge in [0.25, 0.3) is 0 Å². The van der Waals surface area contributed by atoms with Crippen LogP contribution in [0.4, 0.5) is 0 Å². The molecule has 0 aliphatic rings. The molecule has 3 aromatic carbocycles. The monoisotopic (exact) mass is 453 g/mol. The SMILES string of the molecule is Cc1cc(C)cc(CCC(=O)NCC(c2ccc(Cl)cc2)C(C)c2ccc(Cl)cc2)c1. The molecule has 0 radical (unpaired) electrons. The van der Waals surface area contributed by atoms with Gasteiger partial charge >= 0.3 is 0 Å². The van der Waals surface area contributed by atoms with E-state index in [1.54, 1.807) is 0 Å². The van der Waals surface area contributed by atoms with Crippen molar-refractivity contribution in [2.75, 3.05) is 6.54 Å². The molecule has 2 nitrogen and oxygen atoms in total. The molecule has 0 fully saturated rings. The fraction of sp³-hybridized carbons (Fsp3) is 0.296. The van der Waals surface area contributed by atoms with Gasteiger partial charge in [0.2, 0.25) is 5.91 Å². The molecule has 31 heavy (non-hydrogen) atoms. The Morgan fingerprint density at radius 2 is 1.35 bits per heavy atom. The van der Waals surface area contributed by atoms with Crippen LogP contribution in [0, 0.1) is 13.8 Å². The summed E-state index contributed by atoms with van der Waals surface area (Å²) in [5, 5.41) is 4.59. The van der Waals surface area contributed by atoms with E-state index in [1.165, 1.54) is 22.3 Å². The van der Waals surface area contributed by atoms with Crippen LogP contribution in [0.2, 0.25) is 10.0 Å². The highest BCUT2D eigenvalue weighted by Crippen LogP contribution is 2.33. The van der Waals surface area contributed by atoms with Crippen LogP contribution < -0.4 is 5.32 Å². The number of hydrogen-bond acceptors (Lipinski definition) is 1. The van der Waals surface area contributed by atoms with E-state index in [-0.39, 0.29) is 17.7 Å². The van der Waals surface area contributed by atoms with Gasteiger partial charge in [0.15, 0.2) is 0 Å². The van der Waals surface area contributed by atoms with Crippen LogP contribution in [0.1, 0.15) is 53.0 Å². The van der Waals surface area contributed by atoms with E-state index < -0.39 is 0 Å². The van der Waals surface area contributed by atoms with Gasteiger partial charge in [-0.05, 0) is 67.1 Å². The largest absolute Gasteiger partial charge is 0.355 e. The Hall–Kier alpha value is -2.29. The molecule has 1 N–H and O–H groups in total. The molecule has 0 heterocycles. The molecular formula is C27H29Cl2NO. The van der Waals surface area contributed by atoms with Crippen molar-refractivity contribution in [3.8, 4) is 0 Å². The first kappa shape index (κ1) is 23.4. The zero-order valence-electron chi connectivity index (χ0n) is 18.3. The summed E-state index contributed by atoms with van der Waals surface area (Å²) in [6.45, 7) is 6.93. The van der Waals surface area contributed by atoms with Crippen LogP contribution in [-0.2, 0) is 11.2 Å². The fourth-order valence-electron chi connectivity index (χ4n) is 4.08. The van der Waals surface area contributed by atoms with Crippen LogP contribution in [0.25, 0.3) is 0 Å². The van der Waals surface area contributed by atoms with E-state index in [9.17, 15) is 4.79 Å². The second kappa shape index (κ2) is 10.8. The predicted octanol–water partition coefficient (Wildman–Crippen LogP) is 7.25. The molecule has 0 saturated carbocycles. The zero-order valence-corrected chi connectivity index (χ0v) is 19.8. The summed E-state index contributed by atoms with van der Waals surface area (Å²) in [7, 11) is 0. The highest BCUT2D eigenvalue weighted by Gasteiger charge is 2.22. The van der Waals surface area contributed by atoms with Gasteiger partial charge in [-0.1, -0.05) is 83.7 Å². The first-order valence-corrected chi connectivity index (χ1v) is 11.4. The molecule has 0 spiro atoms. The molecule has 162 valence electrons. The first-order valence-electron chi connectivity index (χ1n) is 10.7. The van der Waals surface area contributed by atoms with E-state index >= 15 is 0 Å². The fourth-order valence-corrected chi connectivity index (χ4v) is 4.33. The third-order valence-corrected chi connectivity index (χ3v) is 6.24. The molecule has 0 bridgehead atoms. The number of rotatable bonds is 8. The molecule has 0 saturated heterocycles. The van der Waals surface area contributed by atoms with Crippen molar-refractivity contribution in [3.05, 3.63) is 105 Å². The average Bonchev–Trinajstić information content (AvgIpc) is 2.73. The average molecular weight is 454 g/mol. The molecule has 1 amide bonds. The number of benzene rings is 3. The van der Waals surface area contributed by atoms with Gasteiger partial charge in [0.05, 0.1) is 0 Å². The minimum Gasteiger partial charge on any atom is -0.355 e. The van der Waals surface area contributed by atoms with Gasteiger partial charge in [0, 0.05) is 28.9 Å².